The van der Waals surface area contributed by atoms with Crippen molar-refractivity contribution >= 4 is 11.8 Å². The maximum atomic E-state index is 11.8. The maximum Gasteiger partial charge on any atom is 0.239 e. The Morgan fingerprint density at radius 2 is 1.79 bits per heavy atom. The number of amides is 2. The van der Waals surface area contributed by atoms with E-state index >= 15 is 0 Å². The zero-order chi connectivity index (χ0) is 14.9. The average molecular weight is 271 g/mol. The van der Waals surface area contributed by atoms with Crippen LogP contribution in [0.15, 0.2) is 0 Å². The molecule has 112 valence electrons. The van der Waals surface area contributed by atoms with E-state index in [2.05, 4.69) is 5.32 Å². The molecule has 5 heteroatoms. The molecule has 0 aliphatic heterocycles. The number of nitrogens with zero attached hydrogens (tertiary/aromatic N) is 1. The highest BCUT2D eigenvalue weighted by Crippen LogP contribution is 2.08. The summed E-state index contributed by atoms with van der Waals surface area (Å²) < 4.78 is 0. The molecule has 0 aliphatic rings. The molecule has 0 radical (unpaired) electrons. The zero-order valence-corrected chi connectivity index (χ0v) is 12.8. The summed E-state index contributed by atoms with van der Waals surface area (Å²) in [7, 11) is 0. The highest BCUT2D eigenvalue weighted by atomic mass is 16.2. The van der Waals surface area contributed by atoms with Crippen LogP contribution in [0, 0.1) is 0 Å². The van der Waals surface area contributed by atoms with E-state index in [0.29, 0.717) is 25.8 Å². The Morgan fingerprint density at radius 3 is 2.26 bits per heavy atom. The predicted octanol–water partition coefficient (Wildman–Crippen LogP) is 1.27. The molecule has 5 nitrogen and oxygen atoms in total. The smallest absolute Gasteiger partial charge is 0.239 e. The van der Waals surface area contributed by atoms with Gasteiger partial charge in [0.2, 0.25) is 11.8 Å². The second-order valence-electron chi connectivity index (χ2n) is 5.09. The minimum absolute atomic E-state index is 0.135. The predicted molar refractivity (Wildman–Crippen MR) is 77.7 cm³/mol. The molecule has 1 unspecified atom stereocenters. The Hall–Kier alpha value is -1.10. The molecule has 0 aromatic rings. The summed E-state index contributed by atoms with van der Waals surface area (Å²) in [4.78, 5) is 25.3. The lowest BCUT2D eigenvalue weighted by Crippen LogP contribution is -2.51. The number of carbonyl (C=O) groups is 2. The van der Waals surface area contributed by atoms with Gasteiger partial charge in [0.05, 0.1) is 5.54 Å². The highest BCUT2D eigenvalue weighted by Gasteiger charge is 2.26. The summed E-state index contributed by atoms with van der Waals surface area (Å²) in [6.07, 6.45) is 2.67. The minimum atomic E-state index is -0.808. The van der Waals surface area contributed by atoms with Gasteiger partial charge >= 0.3 is 0 Å². The molecule has 0 rings (SSSR count). The van der Waals surface area contributed by atoms with Gasteiger partial charge in [-0.15, -0.1) is 0 Å². The largest absolute Gasteiger partial charge is 0.354 e. The third kappa shape index (κ3) is 6.57. The number of nitrogens with two attached hydrogens (primary N) is 1. The van der Waals surface area contributed by atoms with Crippen LogP contribution in [0.25, 0.3) is 0 Å². The zero-order valence-electron chi connectivity index (χ0n) is 12.8. The standard InChI is InChI=1S/C14H29N3O2/c1-5-10-14(4,15)13(19)16-11-8-9-12(18)17(6-2)7-3/h5-11,15H2,1-4H3,(H,16,19). The maximum absolute atomic E-state index is 11.8. The van der Waals surface area contributed by atoms with Gasteiger partial charge in [-0.3, -0.25) is 9.59 Å². The van der Waals surface area contributed by atoms with Crippen molar-refractivity contribution in [3.05, 3.63) is 0 Å². The molecule has 0 heterocycles. The number of carbonyl (C=O) groups excluding carboxylic acids is 2. The summed E-state index contributed by atoms with van der Waals surface area (Å²) in [5.41, 5.74) is 5.11. The first-order valence-electron chi connectivity index (χ1n) is 7.23. The van der Waals surface area contributed by atoms with Crippen LogP contribution in [0.4, 0.5) is 0 Å². The molecule has 0 aliphatic carbocycles. The minimum Gasteiger partial charge on any atom is -0.354 e. The Balaban J connectivity index is 3.92. The van der Waals surface area contributed by atoms with E-state index < -0.39 is 5.54 Å². The first kappa shape index (κ1) is 17.9. The van der Waals surface area contributed by atoms with Crippen LogP contribution in [0.1, 0.15) is 53.4 Å². The third-order valence-corrected chi connectivity index (χ3v) is 3.26. The van der Waals surface area contributed by atoms with Crippen molar-refractivity contribution in [3.8, 4) is 0 Å². The Labute approximate surface area is 116 Å². The van der Waals surface area contributed by atoms with Gasteiger partial charge in [-0.2, -0.15) is 0 Å². The van der Waals surface area contributed by atoms with Crippen LogP contribution >= 0.6 is 0 Å². The quantitative estimate of drug-likeness (QED) is 0.620. The van der Waals surface area contributed by atoms with E-state index in [-0.39, 0.29) is 11.8 Å². The highest BCUT2D eigenvalue weighted by molar-refractivity contribution is 5.85. The number of rotatable bonds is 9. The van der Waals surface area contributed by atoms with Crippen LogP contribution in [-0.2, 0) is 9.59 Å². The summed E-state index contributed by atoms with van der Waals surface area (Å²) in [6.45, 7) is 9.65. The van der Waals surface area contributed by atoms with Crippen LogP contribution in [0.2, 0.25) is 0 Å². The summed E-state index contributed by atoms with van der Waals surface area (Å²) in [5, 5.41) is 2.80. The molecule has 0 aromatic heterocycles. The fraction of sp³-hybridized carbons (Fsp3) is 0.857. The molecule has 0 spiro atoms. The molecular weight excluding hydrogens is 242 g/mol. The molecule has 3 N–H and O–H groups in total. The van der Waals surface area contributed by atoms with Crippen molar-refractivity contribution in [1.29, 1.82) is 0 Å². The number of hydrogen-bond donors (Lipinski definition) is 2. The van der Waals surface area contributed by atoms with Gasteiger partial charge in [-0.1, -0.05) is 13.3 Å². The molecular formula is C14H29N3O2. The molecule has 0 fully saturated rings. The van der Waals surface area contributed by atoms with Crippen LogP contribution in [-0.4, -0.2) is 41.9 Å². The lowest BCUT2D eigenvalue weighted by atomic mass is 9.96. The van der Waals surface area contributed by atoms with Crippen molar-refractivity contribution in [2.75, 3.05) is 19.6 Å². The van der Waals surface area contributed by atoms with Gasteiger partial charge in [0.15, 0.2) is 0 Å². The Bertz CT molecular complexity index is 286. The van der Waals surface area contributed by atoms with E-state index in [9.17, 15) is 9.59 Å². The fourth-order valence-corrected chi connectivity index (χ4v) is 2.01. The third-order valence-electron chi connectivity index (χ3n) is 3.26. The molecule has 0 aromatic carbocycles. The first-order chi connectivity index (χ1) is 8.88. The Kier molecular flexibility index (Phi) is 8.39. The molecule has 19 heavy (non-hydrogen) atoms. The SMILES string of the molecule is CCCC(C)(N)C(=O)NCCCC(=O)N(CC)CC. The van der Waals surface area contributed by atoms with Crippen molar-refractivity contribution in [1.82, 2.24) is 10.2 Å². The van der Waals surface area contributed by atoms with Gasteiger partial charge in [0.1, 0.15) is 0 Å². The van der Waals surface area contributed by atoms with Gasteiger partial charge in [0, 0.05) is 26.1 Å². The van der Waals surface area contributed by atoms with Crippen LogP contribution in [0.3, 0.4) is 0 Å². The molecule has 0 saturated heterocycles. The van der Waals surface area contributed by atoms with Crippen LogP contribution < -0.4 is 11.1 Å². The lowest BCUT2D eigenvalue weighted by Gasteiger charge is -2.23. The van der Waals surface area contributed by atoms with E-state index in [4.69, 9.17) is 5.73 Å². The normalized spacial score (nSPS) is 13.7. The molecule has 2 amide bonds. The molecule has 1 atom stereocenters. The van der Waals surface area contributed by atoms with Crippen molar-refractivity contribution in [2.24, 2.45) is 5.73 Å². The van der Waals surface area contributed by atoms with E-state index in [1.54, 1.807) is 11.8 Å². The number of hydrogen-bond acceptors (Lipinski definition) is 3. The topological polar surface area (TPSA) is 75.4 Å². The van der Waals surface area contributed by atoms with Gasteiger partial charge < -0.3 is 16.0 Å². The Morgan fingerprint density at radius 1 is 1.21 bits per heavy atom. The van der Waals surface area contributed by atoms with Crippen LogP contribution in [0.5, 0.6) is 0 Å². The van der Waals surface area contributed by atoms with E-state index in [1.165, 1.54) is 0 Å². The lowest BCUT2D eigenvalue weighted by molar-refractivity contribution is -0.131. The van der Waals surface area contributed by atoms with Crippen molar-refractivity contribution in [2.45, 2.75) is 58.9 Å². The monoisotopic (exact) mass is 271 g/mol. The average Bonchev–Trinajstić information content (AvgIpc) is 2.35. The summed E-state index contributed by atoms with van der Waals surface area (Å²) in [5.74, 6) is 0.00737. The second-order valence-corrected chi connectivity index (χ2v) is 5.09. The van der Waals surface area contributed by atoms with Crippen molar-refractivity contribution < 1.29 is 9.59 Å². The van der Waals surface area contributed by atoms with Gasteiger partial charge in [-0.05, 0) is 33.6 Å². The van der Waals surface area contributed by atoms with E-state index in [0.717, 1.165) is 19.5 Å². The van der Waals surface area contributed by atoms with Crippen molar-refractivity contribution in [3.63, 3.8) is 0 Å². The summed E-state index contributed by atoms with van der Waals surface area (Å²) in [6, 6.07) is 0. The number of nitrogens with one attached hydrogen (secondary N) is 1. The summed E-state index contributed by atoms with van der Waals surface area (Å²) >= 11 is 0. The molecule has 0 bridgehead atoms. The first-order valence-corrected chi connectivity index (χ1v) is 7.23. The van der Waals surface area contributed by atoms with Gasteiger partial charge in [-0.25, -0.2) is 0 Å². The molecule has 0 saturated carbocycles. The fourth-order valence-electron chi connectivity index (χ4n) is 2.01. The van der Waals surface area contributed by atoms with Gasteiger partial charge in [0.25, 0.3) is 0 Å². The second kappa shape index (κ2) is 8.91. The van der Waals surface area contributed by atoms with E-state index in [1.807, 2.05) is 20.8 Å².